The van der Waals surface area contributed by atoms with Crippen LogP contribution in [0.15, 0.2) is 78.4 Å². The van der Waals surface area contributed by atoms with Gasteiger partial charge in [0, 0.05) is 6.42 Å². The average Bonchev–Trinajstić information content (AvgIpc) is 2.79. The normalized spacial score (nSPS) is 15.1. The summed E-state index contributed by atoms with van der Waals surface area (Å²) >= 11 is 5.21. The van der Waals surface area contributed by atoms with E-state index in [1.165, 1.54) is 24.2 Å². The van der Waals surface area contributed by atoms with Crippen molar-refractivity contribution in [3.63, 3.8) is 0 Å². The van der Waals surface area contributed by atoms with Gasteiger partial charge < -0.3 is 4.74 Å². The van der Waals surface area contributed by atoms with Crippen LogP contribution >= 0.6 is 12.2 Å². The maximum absolute atomic E-state index is 14.0. The van der Waals surface area contributed by atoms with Gasteiger partial charge in [0.05, 0.1) is 12.8 Å². The van der Waals surface area contributed by atoms with E-state index >= 15 is 0 Å². The number of nitrogens with one attached hydrogen (secondary N) is 1. The van der Waals surface area contributed by atoms with Crippen LogP contribution in [0.2, 0.25) is 0 Å². The first kappa shape index (κ1) is 21.4. The van der Waals surface area contributed by atoms with Gasteiger partial charge in [0.2, 0.25) is 0 Å². The Morgan fingerprint density at radius 2 is 1.72 bits per heavy atom. The molecular formula is C25H19FN2O3S. The monoisotopic (exact) mass is 446 g/mol. The number of ether oxygens (including phenoxy) is 1. The van der Waals surface area contributed by atoms with Crippen molar-refractivity contribution in [1.82, 2.24) is 5.32 Å². The second kappa shape index (κ2) is 9.11. The topological polar surface area (TPSA) is 58.6 Å². The molecule has 0 spiro atoms. The third kappa shape index (κ3) is 4.29. The first-order valence-electron chi connectivity index (χ1n) is 9.85. The summed E-state index contributed by atoms with van der Waals surface area (Å²) in [6.45, 7) is 0. The molecule has 1 heterocycles. The van der Waals surface area contributed by atoms with Crippen LogP contribution in [-0.2, 0) is 16.0 Å². The van der Waals surface area contributed by atoms with Gasteiger partial charge in [0.1, 0.15) is 17.1 Å². The van der Waals surface area contributed by atoms with E-state index in [0.29, 0.717) is 29.0 Å². The second-order valence-corrected chi connectivity index (χ2v) is 7.52. The van der Waals surface area contributed by atoms with Crippen LogP contribution in [0, 0.1) is 5.82 Å². The Labute approximate surface area is 190 Å². The smallest absolute Gasteiger partial charge is 0.270 e. The van der Waals surface area contributed by atoms with Crippen LogP contribution in [0.25, 0.3) is 6.08 Å². The van der Waals surface area contributed by atoms with E-state index in [9.17, 15) is 14.0 Å². The van der Waals surface area contributed by atoms with Crippen molar-refractivity contribution in [3.8, 4) is 5.75 Å². The van der Waals surface area contributed by atoms with Crippen LogP contribution in [0.4, 0.5) is 10.1 Å². The van der Waals surface area contributed by atoms with Gasteiger partial charge in [-0.05, 0) is 59.2 Å². The minimum Gasteiger partial charge on any atom is -0.496 e. The molecule has 0 saturated carbocycles. The van der Waals surface area contributed by atoms with Crippen molar-refractivity contribution in [2.45, 2.75) is 6.42 Å². The molecule has 2 amide bonds. The Hall–Kier alpha value is -3.84. The molecule has 0 unspecified atom stereocenters. The van der Waals surface area contributed by atoms with E-state index in [1.54, 1.807) is 60.7 Å². The molecule has 0 atom stereocenters. The summed E-state index contributed by atoms with van der Waals surface area (Å²) in [6.07, 6.45) is 1.84. The fraction of sp³-hybridized carbons (Fsp3) is 0.0800. The molecule has 0 aromatic heterocycles. The van der Waals surface area contributed by atoms with Crippen molar-refractivity contribution < 1.29 is 18.7 Å². The molecule has 7 heteroatoms. The lowest BCUT2D eigenvalue weighted by molar-refractivity contribution is -0.122. The zero-order chi connectivity index (χ0) is 22.7. The van der Waals surface area contributed by atoms with Gasteiger partial charge in [-0.3, -0.25) is 19.8 Å². The Bertz CT molecular complexity index is 1240. The molecule has 1 aliphatic heterocycles. The third-order valence-electron chi connectivity index (χ3n) is 5.08. The molecule has 0 bridgehead atoms. The molecule has 3 aromatic carbocycles. The molecule has 160 valence electrons. The van der Waals surface area contributed by atoms with Crippen molar-refractivity contribution in [2.24, 2.45) is 0 Å². The lowest BCUT2D eigenvalue weighted by Gasteiger charge is -2.28. The summed E-state index contributed by atoms with van der Waals surface area (Å²) in [7, 11) is 1.52. The maximum atomic E-state index is 14.0. The fourth-order valence-corrected chi connectivity index (χ4v) is 3.76. The SMILES string of the molecule is COc1cc(/C=C2/C(=O)NC(=S)N(c3ccccc3)C2=O)ccc1Cc1ccccc1F. The molecule has 1 saturated heterocycles. The van der Waals surface area contributed by atoms with E-state index in [4.69, 9.17) is 17.0 Å². The maximum Gasteiger partial charge on any atom is 0.270 e. The highest BCUT2D eigenvalue weighted by Crippen LogP contribution is 2.27. The van der Waals surface area contributed by atoms with Crippen molar-refractivity contribution in [2.75, 3.05) is 12.0 Å². The zero-order valence-corrected chi connectivity index (χ0v) is 18.0. The number of methoxy groups -OCH3 is 1. The molecule has 1 fully saturated rings. The molecule has 1 aliphatic rings. The number of carbonyl (C=O) groups is 2. The van der Waals surface area contributed by atoms with E-state index in [1.807, 2.05) is 6.07 Å². The molecule has 0 aliphatic carbocycles. The van der Waals surface area contributed by atoms with Crippen LogP contribution in [-0.4, -0.2) is 24.0 Å². The number of anilines is 1. The minimum absolute atomic E-state index is 0.0289. The number of halogens is 1. The number of rotatable bonds is 5. The highest BCUT2D eigenvalue weighted by atomic mass is 32.1. The summed E-state index contributed by atoms with van der Waals surface area (Å²) in [5.74, 6) is -0.843. The van der Waals surface area contributed by atoms with Gasteiger partial charge in [0.25, 0.3) is 11.8 Å². The first-order valence-corrected chi connectivity index (χ1v) is 10.3. The van der Waals surface area contributed by atoms with Gasteiger partial charge in [-0.15, -0.1) is 0 Å². The van der Waals surface area contributed by atoms with E-state index < -0.39 is 11.8 Å². The summed E-state index contributed by atoms with van der Waals surface area (Å²) in [4.78, 5) is 26.9. The molecule has 5 nitrogen and oxygen atoms in total. The highest BCUT2D eigenvalue weighted by molar-refractivity contribution is 7.80. The number of para-hydroxylation sites is 1. The van der Waals surface area contributed by atoms with Gasteiger partial charge >= 0.3 is 0 Å². The van der Waals surface area contributed by atoms with Gasteiger partial charge in [-0.2, -0.15) is 0 Å². The number of hydrogen-bond acceptors (Lipinski definition) is 4. The lowest BCUT2D eigenvalue weighted by Crippen LogP contribution is -2.54. The quantitative estimate of drug-likeness (QED) is 0.362. The Morgan fingerprint density at radius 3 is 2.44 bits per heavy atom. The zero-order valence-electron chi connectivity index (χ0n) is 17.2. The van der Waals surface area contributed by atoms with E-state index in [2.05, 4.69) is 5.32 Å². The Balaban J connectivity index is 1.66. The summed E-state index contributed by atoms with van der Waals surface area (Å²) in [6, 6.07) is 20.7. The van der Waals surface area contributed by atoms with Gasteiger partial charge in [-0.25, -0.2) is 4.39 Å². The number of carbonyl (C=O) groups excluding carboxylic acids is 2. The predicted octanol–water partition coefficient (Wildman–Crippen LogP) is 4.26. The number of amides is 2. The Morgan fingerprint density at radius 1 is 1.00 bits per heavy atom. The number of thiocarbonyl (C=S) groups is 1. The molecule has 1 N–H and O–H groups in total. The predicted molar refractivity (Wildman–Crippen MR) is 125 cm³/mol. The highest BCUT2D eigenvalue weighted by Gasteiger charge is 2.34. The summed E-state index contributed by atoms with van der Waals surface area (Å²) in [5, 5.41) is 2.59. The molecular weight excluding hydrogens is 427 g/mol. The van der Waals surface area contributed by atoms with Crippen LogP contribution in [0.3, 0.4) is 0 Å². The van der Waals surface area contributed by atoms with Crippen LogP contribution in [0.1, 0.15) is 16.7 Å². The average molecular weight is 447 g/mol. The molecule has 0 radical (unpaired) electrons. The van der Waals surface area contributed by atoms with Crippen molar-refractivity contribution in [1.29, 1.82) is 0 Å². The molecule has 32 heavy (non-hydrogen) atoms. The largest absolute Gasteiger partial charge is 0.496 e. The lowest BCUT2D eigenvalue weighted by atomic mass is 10.0. The number of nitrogens with zero attached hydrogens (tertiary/aromatic N) is 1. The minimum atomic E-state index is -0.568. The number of hydrogen-bond donors (Lipinski definition) is 1. The third-order valence-corrected chi connectivity index (χ3v) is 5.36. The van der Waals surface area contributed by atoms with Gasteiger partial charge in [0.15, 0.2) is 5.11 Å². The van der Waals surface area contributed by atoms with E-state index in [0.717, 1.165) is 5.56 Å². The summed E-state index contributed by atoms with van der Waals surface area (Å²) < 4.78 is 19.5. The summed E-state index contributed by atoms with van der Waals surface area (Å²) in [5.41, 5.74) is 2.44. The molecule has 4 rings (SSSR count). The van der Waals surface area contributed by atoms with Crippen LogP contribution < -0.4 is 15.0 Å². The van der Waals surface area contributed by atoms with Crippen molar-refractivity contribution >= 4 is 40.9 Å². The van der Waals surface area contributed by atoms with Crippen LogP contribution in [0.5, 0.6) is 5.75 Å². The van der Waals surface area contributed by atoms with E-state index in [-0.39, 0.29) is 16.5 Å². The second-order valence-electron chi connectivity index (χ2n) is 7.13. The standard InChI is InChI=1S/C25H19FN2O3S/c1-31-22-14-16(11-12-18(22)15-17-7-5-6-10-21(17)26)13-20-23(29)27-25(32)28(24(20)30)19-8-3-2-4-9-19/h2-14H,15H2,1H3,(H,27,29,32)/b20-13-. The first-order chi connectivity index (χ1) is 15.5. The fourth-order valence-electron chi connectivity index (χ4n) is 3.48. The Kier molecular flexibility index (Phi) is 6.09. The number of benzene rings is 3. The molecule has 3 aromatic rings. The van der Waals surface area contributed by atoms with Gasteiger partial charge in [-0.1, -0.05) is 48.5 Å². The van der Waals surface area contributed by atoms with Crippen molar-refractivity contribution in [3.05, 3.63) is 101 Å².